The molecule has 3 aliphatic heterocycles. The van der Waals surface area contributed by atoms with Crippen LogP contribution in [0.25, 0.3) is 0 Å². The Hall–Kier alpha value is -2.37. The number of carbonyl (C=O) groups is 1. The first kappa shape index (κ1) is 18.6. The Bertz CT molecular complexity index is 819. The molecule has 5 nitrogen and oxygen atoms in total. The number of benzene rings is 2. The van der Waals surface area contributed by atoms with E-state index in [1.165, 1.54) is 5.56 Å². The van der Waals surface area contributed by atoms with E-state index in [1.54, 1.807) is 0 Å². The maximum atomic E-state index is 13.0. The van der Waals surface area contributed by atoms with Gasteiger partial charge < -0.3 is 14.4 Å². The highest BCUT2D eigenvalue weighted by Gasteiger charge is 2.41. The van der Waals surface area contributed by atoms with Crippen molar-refractivity contribution in [2.45, 2.75) is 19.1 Å². The van der Waals surface area contributed by atoms with Crippen LogP contribution in [0.15, 0.2) is 54.6 Å². The Morgan fingerprint density at radius 3 is 2.34 bits per heavy atom. The number of rotatable bonds is 5. The van der Waals surface area contributed by atoms with Gasteiger partial charge in [-0.15, -0.1) is 0 Å². The molecule has 0 bridgehead atoms. The SMILES string of the molecule is O=C(c1ccc(OC2CCOC2)cc1)N1C[C@H]2CN(Cc3ccccc3)C[C@H]2C1. The Kier molecular flexibility index (Phi) is 5.25. The Morgan fingerprint density at radius 2 is 1.69 bits per heavy atom. The highest BCUT2D eigenvalue weighted by atomic mass is 16.5. The van der Waals surface area contributed by atoms with Gasteiger partial charge in [0, 0.05) is 44.7 Å². The van der Waals surface area contributed by atoms with Gasteiger partial charge in [-0.05, 0) is 41.7 Å². The molecular weight excluding hydrogens is 364 g/mol. The minimum atomic E-state index is 0.133. The molecule has 0 saturated carbocycles. The van der Waals surface area contributed by atoms with E-state index in [2.05, 4.69) is 35.2 Å². The summed E-state index contributed by atoms with van der Waals surface area (Å²) in [7, 11) is 0. The molecule has 1 amide bonds. The zero-order chi connectivity index (χ0) is 19.6. The Balaban J connectivity index is 1.15. The van der Waals surface area contributed by atoms with E-state index in [4.69, 9.17) is 9.47 Å². The number of amides is 1. The first-order chi connectivity index (χ1) is 14.2. The second kappa shape index (κ2) is 8.17. The fourth-order valence-corrected chi connectivity index (χ4v) is 4.88. The van der Waals surface area contributed by atoms with Gasteiger partial charge in [-0.3, -0.25) is 9.69 Å². The van der Waals surface area contributed by atoms with Gasteiger partial charge in [0.1, 0.15) is 11.9 Å². The molecule has 2 aromatic rings. The summed E-state index contributed by atoms with van der Waals surface area (Å²) in [6.45, 7) is 6.33. The molecular formula is C24H28N2O3. The van der Waals surface area contributed by atoms with E-state index in [1.807, 2.05) is 29.2 Å². The molecule has 0 aromatic heterocycles. The van der Waals surface area contributed by atoms with E-state index < -0.39 is 0 Å². The largest absolute Gasteiger partial charge is 0.488 e. The molecule has 0 spiro atoms. The van der Waals surface area contributed by atoms with Crippen molar-refractivity contribution in [2.75, 3.05) is 39.4 Å². The number of nitrogens with zero attached hydrogens (tertiary/aromatic N) is 2. The molecule has 3 aliphatic rings. The normalized spacial score (nSPS) is 26.6. The van der Waals surface area contributed by atoms with E-state index in [0.717, 1.165) is 57.1 Å². The first-order valence-corrected chi connectivity index (χ1v) is 10.6. The average molecular weight is 392 g/mol. The van der Waals surface area contributed by atoms with Crippen LogP contribution >= 0.6 is 0 Å². The van der Waals surface area contributed by atoms with Crippen LogP contribution in [-0.4, -0.2) is 61.2 Å². The summed E-state index contributed by atoms with van der Waals surface area (Å²) in [6, 6.07) is 18.2. The third kappa shape index (κ3) is 4.16. The number of likely N-dealkylation sites (tertiary alicyclic amines) is 2. The van der Waals surface area contributed by atoms with Crippen LogP contribution in [0.2, 0.25) is 0 Å². The molecule has 3 heterocycles. The average Bonchev–Trinajstić information content (AvgIpc) is 3.46. The number of hydrogen-bond donors (Lipinski definition) is 0. The minimum absolute atomic E-state index is 0.133. The minimum Gasteiger partial charge on any atom is -0.488 e. The van der Waals surface area contributed by atoms with Gasteiger partial charge in [-0.2, -0.15) is 0 Å². The van der Waals surface area contributed by atoms with Gasteiger partial charge >= 0.3 is 0 Å². The van der Waals surface area contributed by atoms with Crippen molar-refractivity contribution in [3.8, 4) is 5.75 Å². The summed E-state index contributed by atoms with van der Waals surface area (Å²) < 4.78 is 11.2. The molecule has 5 heteroatoms. The lowest BCUT2D eigenvalue weighted by molar-refractivity contribution is 0.0773. The number of hydrogen-bond acceptors (Lipinski definition) is 4. The second-order valence-corrected chi connectivity index (χ2v) is 8.54. The third-order valence-corrected chi connectivity index (χ3v) is 6.39. The quantitative estimate of drug-likeness (QED) is 0.784. The first-order valence-electron chi connectivity index (χ1n) is 10.6. The van der Waals surface area contributed by atoms with Gasteiger partial charge in [0.05, 0.1) is 13.2 Å². The van der Waals surface area contributed by atoms with Gasteiger partial charge in [-0.1, -0.05) is 30.3 Å². The predicted molar refractivity (Wildman–Crippen MR) is 111 cm³/mol. The maximum Gasteiger partial charge on any atom is 0.253 e. The van der Waals surface area contributed by atoms with Crippen LogP contribution in [0.5, 0.6) is 5.75 Å². The van der Waals surface area contributed by atoms with Crippen LogP contribution in [0.1, 0.15) is 22.3 Å². The molecule has 3 saturated heterocycles. The van der Waals surface area contributed by atoms with Crippen LogP contribution in [0, 0.1) is 11.8 Å². The van der Waals surface area contributed by atoms with Crippen molar-refractivity contribution in [2.24, 2.45) is 11.8 Å². The monoisotopic (exact) mass is 392 g/mol. The maximum absolute atomic E-state index is 13.0. The molecule has 5 rings (SSSR count). The lowest BCUT2D eigenvalue weighted by Crippen LogP contribution is -2.33. The van der Waals surface area contributed by atoms with Crippen LogP contribution in [0.4, 0.5) is 0 Å². The second-order valence-electron chi connectivity index (χ2n) is 8.54. The van der Waals surface area contributed by atoms with E-state index >= 15 is 0 Å². The van der Waals surface area contributed by atoms with Crippen molar-refractivity contribution >= 4 is 5.91 Å². The zero-order valence-electron chi connectivity index (χ0n) is 16.7. The number of carbonyl (C=O) groups excluding carboxylic acids is 1. The number of fused-ring (bicyclic) bond motifs is 1. The van der Waals surface area contributed by atoms with Crippen molar-refractivity contribution in [3.05, 3.63) is 65.7 Å². The molecule has 29 heavy (non-hydrogen) atoms. The summed E-state index contributed by atoms with van der Waals surface area (Å²) in [5.74, 6) is 2.14. The number of ether oxygens (including phenoxy) is 2. The zero-order valence-corrected chi connectivity index (χ0v) is 16.7. The van der Waals surface area contributed by atoms with Crippen molar-refractivity contribution in [1.29, 1.82) is 0 Å². The molecule has 3 fully saturated rings. The van der Waals surface area contributed by atoms with Crippen molar-refractivity contribution in [3.63, 3.8) is 0 Å². The summed E-state index contributed by atoms with van der Waals surface area (Å²) in [5.41, 5.74) is 2.12. The van der Waals surface area contributed by atoms with Crippen molar-refractivity contribution < 1.29 is 14.3 Å². The molecule has 0 radical (unpaired) electrons. The van der Waals surface area contributed by atoms with Gasteiger partial charge in [-0.25, -0.2) is 0 Å². The smallest absolute Gasteiger partial charge is 0.253 e. The summed E-state index contributed by atoms with van der Waals surface area (Å²) in [6.07, 6.45) is 1.06. The van der Waals surface area contributed by atoms with Crippen LogP contribution < -0.4 is 4.74 Å². The molecule has 2 aromatic carbocycles. The summed E-state index contributed by atoms with van der Waals surface area (Å²) in [4.78, 5) is 17.5. The topological polar surface area (TPSA) is 42.0 Å². The molecule has 3 atom stereocenters. The molecule has 0 aliphatic carbocycles. The van der Waals surface area contributed by atoms with E-state index in [-0.39, 0.29) is 12.0 Å². The predicted octanol–water partition coefficient (Wildman–Crippen LogP) is 3.06. The van der Waals surface area contributed by atoms with Crippen LogP contribution in [-0.2, 0) is 11.3 Å². The third-order valence-electron chi connectivity index (χ3n) is 6.39. The summed E-state index contributed by atoms with van der Waals surface area (Å²) in [5, 5.41) is 0. The highest BCUT2D eigenvalue weighted by Crippen LogP contribution is 2.32. The van der Waals surface area contributed by atoms with Gasteiger partial charge in [0.15, 0.2) is 0 Å². The van der Waals surface area contributed by atoms with Gasteiger partial charge in [0.25, 0.3) is 5.91 Å². The van der Waals surface area contributed by atoms with Crippen LogP contribution in [0.3, 0.4) is 0 Å². The fourth-order valence-electron chi connectivity index (χ4n) is 4.88. The standard InChI is InChI=1S/C24H28N2O3/c27-24(19-6-8-22(9-7-19)29-23-10-11-28-17-23)26-15-20-13-25(14-21(20)16-26)12-18-4-2-1-3-5-18/h1-9,20-21,23H,10-17H2/t20-,21+,23?. The van der Waals surface area contributed by atoms with E-state index in [9.17, 15) is 4.79 Å². The molecule has 152 valence electrons. The lowest BCUT2D eigenvalue weighted by Gasteiger charge is -2.22. The Labute approximate surface area is 172 Å². The molecule has 1 unspecified atom stereocenters. The van der Waals surface area contributed by atoms with Crippen molar-refractivity contribution in [1.82, 2.24) is 9.80 Å². The van der Waals surface area contributed by atoms with E-state index in [0.29, 0.717) is 18.4 Å². The van der Waals surface area contributed by atoms with Gasteiger partial charge in [0.2, 0.25) is 0 Å². The lowest BCUT2D eigenvalue weighted by atomic mass is 10.0. The Morgan fingerprint density at radius 1 is 0.966 bits per heavy atom. The molecule has 0 N–H and O–H groups in total. The highest BCUT2D eigenvalue weighted by molar-refractivity contribution is 5.94. The fraction of sp³-hybridized carbons (Fsp3) is 0.458. The summed E-state index contributed by atoms with van der Waals surface area (Å²) >= 11 is 0.